The molecule has 60 heavy (non-hydrogen) atoms. The average molecular weight is 829 g/mol. The number of hydrogen-bond donors (Lipinski definition) is 0. The lowest BCUT2D eigenvalue weighted by Gasteiger charge is -2.18. The van der Waals surface area contributed by atoms with E-state index in [0.29, 0.717) is 12.8 Å². The Labute approximate surface area is 367 Å². The molecule has 0 aromatic rings. The summed E-state index contributed by atoms with van der Waals surface area (Å²) in [6, 6.07) is 0. The third kappa shape index (κ3) is 44.9. The van der Waals surface area contributed by atoms with Crippen molar-refractivity contribution in [2.24, 2.45) is 0 Å². The maximum absolute atomic E-state index is 12.7. The molecule has 0 saturated heterocycles. The molecule has 0 fully saturated rings. The van der Waals surface area contributed by atoms with Gasteiger partial charge in [0.15, 0.2) is 6.10 Å². The molecule has 6 nitrogen and oxygen atoms in total. The third-order valence-corrected chi connectivity index (χ3v) is 9.21. The van der Waals surface area contributed by atoms with Gasteiger partial charge in [-0.1, -0.05) is 174 Å². The highest BCUT2D eigenvalue weighted by Gasteiger charge is 2.19. The molecule has 1 unspecified atom stereocenters. The van der Waals surface area contributed by atoms with E-state index >= 15 is 0 Å². The van der Waals surface area contributed by atoms with Gasteiger partial charge in [0.1, 0.15) is 13.2 Å². The quantitative estimate of drug-likeness (QED) is 0.0265. The van der Waals surface area contributed by atoms with Crippen molar-refractivity contribution < 1.29 is 28.6 Å². The number of hydrogen-bond acceptors (Lipinski definition) is 6. The molecule has 0 aliphatic heterocycles. The van der Waals surface area contributed by atoms with Crippen LogP contribution in [0, 0.1) is 0 Å². The van der Waals surface area contributed by atoms with Crippen molar-refractivity contribution in [1.82, 2.24) is 0 Å². The molecule has 0 rings (SSSR count). The predicted molar refractivity (Wildman–Crippen MR) is 256 cm³/mol. The SMILES string of the molecule is CC/C=C\C/C=C\C/C=C\C/C=C\C/C=C\CC(=O)OCC(COC(=O)CCCCCCC/C=C\CCCCC)OC(=O)CCCC/C=C\C/C=C\C/C=C\C/C=C\CC. The number of ether oxygens (including phenoxy) is 3. The fourth-order valence-corrected chi connectivity index (χ4v) is 5.73. The van der Waals surface area contributed by atoms with E-state index < -0.39 is 12.1 Å². The molecule has 0 N–H and O–H groups in total. The van der Waals surface area contributed by atoms with Gasteiger partial charge in [0.25, 0.3) is 0 Å². The standard InChI is InChI=1S/C54H84O6/c1-4-7-10-13-16-19-22-25-27-29-32-35-38-41-44-47-53(56)59-50-51(49-58-52(55)46-43-40-37-34-31-24-21-18-15-12-9-6-3)60-54(57)48-45-42-39-36-33-30-28-26-23-20-17-14-11-8-5-2/h7-8,10-11,16-21,25-28,32-33,35-36,41,44,51H,4-6,9,12-15,22-24,29-31,34,37-40,42-43,45-50H2,1-3H3/b10-7-,11-8-,19-16-,20-17-,21-18-,27-25-,28-26-,35-32-,36-33-,44-41-. The summed E-state index contributed by atoms with van der Waals surface area (Å²) in [6.07, 6.45) is 64.9. The fraction of sp³-hybridized carbons (Fsp3) is 0.574. The van der Waals surface area contributed by atoms with E-state index in [1.165, 1.54) is 32.1 Å². The van der Waals surface area contributed by atoms with Crippen molar-refractivity contribution in [2.45, 2.75) is 187 Å². The molecule has 0 aliphatic rings. The lowest BCUT2D eigenvalue weighted by atomic mass is 10.1. The van der Waals surface area contributed by atoms with Crippen LogP contribution in [0.4, 0.5) is 0 Å². The van der Waals surface area contributed by atoms with Gasteiger partial charge in [-0.25, -0.2) is 0 Å². The molecule has 0 amide bonds. The van der Waals surface area contributed by atoms with Crippen LogP contribution in [0.15, 0.2) is 122 Å². The minimum absolute atomic E-state index is 0.112. The molecule has 0 aromatic heterocycles. The summed E-state index contributed by atoms with van der Waals surface area (Å²) in [7, 11) is 0. The van der Waals surface area contributed by atoms with Crippen LogP contribution in [0.25, 0.3) is 0 Å². The molecule has 0 saturated carbocycles. The number of unbranched alkanes of at least 4 members (excludes halogenated alkanes) is 10. The number of carbonyl (C=O) groups is 3. The Morgan fingerprint density at radius 1 is 0.367 bits per heavy atom. The first-order valence-electron chi connectivity index (χ1n) is 23.5. The second-order valence-electron chi connectivity index (χ2n) is 14.9. The van der Waals surface area contributed by atoms with Gasteiger partial charge in [-0.3, -0.25) is 14.4 Å². The third-order valence-electron chi connectivity index (χ3n) is 9.21. The smallest absolute Gasteiger partial charge is 0.309 e. The maximum Gasteiger partial charge on any atom is 0.309 e. The number of esters is 3. The molecule has 336 valence electrons. The van der Waals surface area contributed by atoms with Gasteiger partial charge in [0.2, 0.25) is 0 Å². The molecule has 6 heteroatoms. The highest BCUT2D eigenvalue weighted by molar-refractivity contribution is 5.72. The van der Waals surface area contributed by atoms with Crippen LogP contribution in [-0.2, 0) is 28.6 Å². The van der Waals surface area contributed by atoms with E-state index in [2.05, 4.69) is 130 Å². The largest absolute Gasteiger partial charge is 0.462 e. The van der Waals surface area contributed by atoms with Gasteiger partial charge in [-0.15, -0.1) is 0 Å². The predicted octanol–water partition coefficient (Wildman–Crippen LogP) is 15.4. The second kappa shape index (κ2) is 47.5. The van der Waals surface area contributed by atoms with E-state index in [1.807, 2.05) is 6.08 Å². The molecular weight excluding hydrogens is 745 g/mol. The van der Waals surface area contributed by atoms with Crippen molar-refractivity contribution in [1.29, 1.82) is 0 Å². The van der Waals surface area contributed by atoms with Crippen molar-refractivity contribution >= 4 is 17.9 Å². The van der Waals surface area contributed by atoms with Gasteiger partial charge < -0.3 is 14.2 Å². The van der Waals surface area contributed by atoms with E-state index in [1.54, 1.807) is 6.08 Å². The highest BCUT2D eigenvalue weighted by atomic mass is 16.6. The summed E-state index contributed by atoms with van der Waals surface area (Å²) < 4.78 is 16.6. The van der Waals surface area contributed by atoms with Crippen LogP contribution in [-0.4, -0.2) is 37.2 Å². The first-order valence-corrected chi connectivity index (χ1v) is 23.5. The molecule has 1 atom stereocenters. The Bertz CT molecular complexity index is 1320. The van der Waals surface area contributed by atoms with Crippen LogP contribution in [0.2, 0.25) is 0 Å². The Kier molecular flexibility index (Phi) is 44.2. The molecule has 0 radical (unpaired) electrons. The molecule has 0 aliphatic carbocycles. The Balaban J connectivity index is 4.63. The Hall–Kier alpha value is -4.19. The topological polar surface area (TPSA) is 78.9 Å². The van der Waals surface area contributed by atoms with Crippen LogP contribution in [0.3, 0.4) is 0 Å². The van der Waals surface area contributed by atoms with Crippen LogP contribution in [0.1, 0.15) is 181 Å². The van der Waals surface area contributed by atoms with E-state index in [4.69, 9.17) is 14.2 Å². The summed E-state index contributed by atoms with van der Waals surface area (Å²) in [5, 5.41) is 0. The lowest BCUT2D eigenvalue weighted by Crippen LogP contribution is -2.30. The fourth-order valence-electron chi connectivity index (χ4n) is 5.73. The summed E-state index contributed by atoms with van der Waals surface area (Å²) in [5.41, 5.74) is 0. The van der Waals surface area contributed by atoms with Gasteiger partial charge in [-0.2, -0.15) is 0 Å². The molecular formula is C54H84O6. The van der Waals surface area contributed by atoms with Crippen LogP contribution in [0.5, 0.6) is 0 Å². The van der Waals surface area contributed by atoms with E-state index in [-0.39, 0.29) is 38.0 Å². The molecule has 0 heterocycles. The minimum Gasteiger partial charge on any atom is -0.462 e. The molecule has 0 bridgehead atoms. The van der Waals surface area contributed by atoms with Crippen LogP contribution >= 0.6 is 0 Å². The van der Waals surface area contributed by atoms with Gasteiger partial charge in [-0.05, 0) is 109 Å². The summed E-state index contributed by atoms with van der Waals surface area (Å²) in [4.78, 5) is 37.8. The first kappa shape index (κ1) is 55.8. The van der Waals surface area contributed by atoms with Crippen molar-refractivity contribution in [3.05, 3.63) is 122 Å². The molecule has 0 spiro atoms. The van der Waals surface area contributed by atoms with Gasteiger partial charge in [0.05, 0.1) is 6.42 Å². The monoisotopic (exact) mass is 829 g/mol. The minimum atomic E-state index is -0.844. The number of carbonyl (C=O) groups excluding carboxylic acids is 3. The second-order valence-corrected chi connectivity index (χ2v) is 14.9. The zero-order valence-corrected chi connectivity index (χ0v) is 38.2. The lowest BCUT2D eigenvalue weighted by molar-refractivity contribution is -0.166. The highest BCUT2D eigenvalue weighted by Crippen LogP contribution is 2.11. The number of allylic oxidation sites excluding steroid dienone is 19. The average Bonchev–Trinajstić information content (AvgIpc) is 3.24. The maximum atomic E-state index is 12.7. The number of rotatable bonds is 40. The van der Waals surface area contributed by atoms with Gasteiger partial charge in [0, 0.05) is 12.8 Å². The normalized spacial score (nSPS) is 13.2. The summed E-state index contributed by atoms with van der Waals surface area (Å²) in [6.45, 7) is 6.22. The van der Waals surface area contributed by atoms with E-state index in [0.717, 1.165) is 103 Å². The van der Waals surface area contributed by atoms with E-state index in [9.17, 15) is 14.4 Å². The summed E-state index contributed by atoms with van der Waals surface area (Å²) >= 11 is 0. The van der Waals surface area contributed by atoms with Crippen molar-refractivity contribution in [3.63, 3.8) is 0 Å². The van der Waals surface area contributed by atoms with Crippen LogP contribution < -0.4 is 0 Å². The Morgan fingerprint density at radius 2 is 0.717 bits per heavy atom. The zero-order valence-electron chi connectivity index (χ0n) is 38.2. The first-order chi connectivity index (χ1) is 29.5. The van der Waals surface area contributed by atoms with Crippen molar-refractivity contribution in [2.75, 3.05) is 13.2 Å². The molecule has 0 aromatic carbocycles. The van der Waals surface area contributed by atoms with Gasteiger partial charge >= 0.3 is 17.9 Å². The zero-order chi connectivity index (χ0) is 43.7. The van der Waals surface area contributed by atoms with Crippen molar-refractivity contribution in [3.8, 4) is 0 Å². The summed E-state index contributed by atoms with van der Waals surface area (Å²) in [5.74, 6) is -1.13. The Morgan fingerprint density at radius 3 is 1.22 bits per heavy atom.